The molecule has 2 heterocycles. The molecular weight excluding hydrogens is 696 g/mol. The molecule has 0 spiro atoms. The van der Waals surface area contributed by atoms with E-state index in [2.05, 4.69) is 15.4 Å². The zero-order chi connectivity index (χ0) is 41.2. The second kappa shape index (κ2) is 19.4. The Morgan fingerprint density at radius 2 is 1.15 bits per heavy atom. The molecule has 0 aliphatic carbocycles. The highest BCUT2D eigenvalue weighted by Crippen LogP contribution is 2.28. The number of methoxy groups -OCH3 is 1. The third-order valence-corrected chi connectivity index (χ3v) is 7.85. The number of likely N-dealkylation sites (tertiary alicyclic amines) is 2. The van der Waals surface area contributed by atoms with E-state index in [9.17, 15) is 43.8 Å². The number of hydrogen-bond donors (Lipinski definition) is 4. The lowest BCUT2D eigenvalue weighted by molar-refractivity contribution is -0.149. The van der Waals surface area contributed by atoms with Crippen LogP contribution in [0.5, 0.6) is 0 Å². The molecule has 17 nitrogen and oxygen atoms in total. The fraction of sp³-hybridized carbons (Fsp3) is 0.806. The maximum Gasteiger partial charge on any atom is 0.408 e. The number of carboxylic acid groups (broad SMARTS) is 2. The van der Waals surface area contributed by atoms with Gasteiger partial charge in [0, 0.05) is 39.3 Å². The molecule has 0 aromatic heterocycles. The standard InChI is InChI=1S/C20H34N2O8.C16H28N2O5/c1-19(2,3)29-12-10-14(17(25)26)22(11-12)16(24)13(8-9-15(23)28-7)21-18(27)30-20(4,5)6;1-9(2)13(17-10(3)19)14(20)18-8-11(23-16(4,5)6)7-12(18)15(21)22/h12-14H,8-11H2,1-7H3,(H,21,27)(H,25,26);9,11-13H,7-8H2,1-6H3,(H,17,19)(H,21,22)/t12-,13+,14+;11-,12+,13+/m11/s1. The molecule has 0 aromatic carbocycles. The molecule has 6 atom stereocenters. The molecule has 2 saturated heterocycles. The van der Waals surface area contributed by atoms with Gasteiger partial charge in [-0.05, 0) is 74.7 Å². The van der Waals surface area contributed by atoms with Gasteiger partial charge in [0.25, 0.3) is 0 Å². The largest absolute Gasteiger partial charge is 0.480 e. The van der Waals surface area contributed by atoms with Crippen molar-refractivity contribution in [2.24, 2.45) is 5.92 Å². The Morgan fingerprint density at radius 3 is 1.49 bits per heavy atom. The fourth-order valence-electron chi connectivity index (χ4n) is 5.90. The van der Waals surface area contributed by atoms with Gasteiger partial charge in [-0.15, -0.1) is 0 Å². The SMILES string of the molecule is CC(=O)N[C@H](C(=O)N1C[C@H](OC(C)(C)C)C[C@H]1C(=O)O)C(C)C.COC(=O)CC[C@H](NC(=O)OC(C)(C)C)C(=O)N1C[C@H](OC(C)(C)C)C[C@H]1C(=O)O. The average molecular weight is 759 g/mol. The van der Waals surface area contributed by atoms with Gasteiger partial charge in [-0.2, -0.15) is 0 Å². The molecule has 4 N–H and O–H groups in total. The van der Waals surface area contributed by atoms with E-state index >= 15 is 0 Å². The number of hydrogen-bond acceptors (Lipinski definition) is 11. The number of rotatable bonds is 12. The zero-order valence-electron chi connectivity index (χ0n) is 33.6. The van der Waals surface area contributed by atoms with Crippen molar-refractivity contribution >= 4 is 41.7 Å². The van der Waals surface area contributed by atoms with Gasteiger partial charge in [-0.25, -0.2) is 14.4 Å². The van der Waals surface area contributed by atoms with Crippen molar-refractivity contribution in [3.8, 4) is 0 Å². The van der Waals surface area contributed by atoms with E-state index in [1.54, 1.807) is 20.8 Å². The van der Waals surface area contributed by atoms with Crippen LogP contribution in [0.2, 0.25) is 0 Å². The number of esters is 1. The van der Waals surface area contributed by atoms with Crippen molar-refractivity contribution in [3.63, 3.8) is 0 Å². The second-order valence-electron chi connectivity index (χ2n) is 16.6. The van der Waals surface area contributed by atoms with Gasteiger partial charge in [-0.1, -0.05) is 13.8 Å². The van der Waals surface area contributed by atoms with Crippen LogP contribution >= 0.6 is 0 Å². The first kappa shape index (κ1) is 47.0. The summed E-state index contributed by atoms with van der Waals surface area (Å²) in [4.78, 5) is 86.7. The summed E-state index contributed by atoms with van der Waals surface area (Å²) in [5, 5.41) is 24.1. The lowest BCUT2D eigenvalue weighted by Gasteiger charge is -2.29. The Bertz CT molecular complexity index is 1320. The average Bonchev–Trinajstić information content (AvgIpc) is 3.59. The molecule has 17 heteroatoms. The molecular formula is C36H62N4O13. The fourth-order valence-corrected chi connectivity index (χ4v) is 5.90. The Labute approximate surface area is 312 Å². The minimum absolute atomic E-state index is 0.0572. The third-order valence-electron chi connectivity index (χ3n) is 7.85. The van der Waals surface area contributed by atoms with Crippen LogP contribution in [0.3, 0.4) is 0 Å². The molecule has 0 aromatic rings. The van der Waals surface area contributed by atoms with Gasteiger partial charge in [0.05, 0.1) is 30.5 Å². The zero-order valence-corrected chi connectivity index (χ0v) is 33.6. The maximum absolute atomic E-state index is 13.2. The predicted molar refractivity (Wildman–Crippen MR) is 192 cm³/mol. The van der Waals surface area contributed by atoms with Gasteiger partial charge < -0.3 is 49.6 Å². The number of alkyl carbamates (subject to hydrolysis) is 1. The number of nitrogens with zero attached hydrogens (tertiary/aromatic N) is 2. The second-order valence-corrected chi connectivity index (χ2v) is 16.6. The van der Waals surface area contributed by atoms with Crippen LogP contribution in [0.4, 0.5) is 4.79 Å². The molecule has 2 aliphatic heterocycles. The van der Waals surface area contributed by atoms with E-state index < -0.39 is 77.0 Å². The third kappa shape index (κ3) is 16.7. The molecule has 2 aliphatic rings. The van der Waals surface area contributed by atoms with Crippen LogP contribution in [0.25, 0.3) is 0 Å². The van der Waals surface area contributed by atoms with E-state index in [4.69, 9.17) is 14.2 Å². The van der Waals surface area contributed by atoms with Gasteiger partial charge in [0.2, 0.25) is 17.7 Å². The minimum Gasteiger partial charge on any atom is -0.480 e. The highest BCUT2D eigenvalue weighted by atomic mass is 16.6. The molecule has 2 rings (SSSR count). The van der Waals surface area contributed by atoms with Gasteiger partial charge in [0.1, 0.15) is 29.8 Å². The molecule has 0 radical (unpaired) electrons. The molecule has 0 bridgehead atoms. The Morgan fingerprint density at radius 1 is 0.717 bits per heavy atom. The summed E-state index contributed by atoms with van der Waals surface area (Å²) in [7, 11) is 1.22. The van der Waals surface area contributed by atoms with Gasteiger partial charge in [0.15, 0.2) is 0 Å². The maximum atomic E-state index is 13.2. The number of aliphatic carboxylic acids is 2. The highest BCUT2D eigenvalue weighted by Gasteiger charge is 2.45. The lowest BCUT2D eigenvalue weighted by atomic mass is 10.0. The van der Waals surface area contributed by atoms with Crippen molar-refractivity contribution < 1.29 is 62.7 Å². The topological polar surface area (TPSA) is 227 Å². The molecule has 4 amide bonds. The van der Waals surface area contributed by atoms with Crippen molar-refractivity contribution in [1.82, 2.24) is 20.4 Å². The van der Waals surface area contributed by atoms with Gasteiger partial charge >= 0.3 is 24.0 Å². The van der Waals surface area contributed by atoms with Gasteiger partial charge in [-0.3, -0.25) is 19.2 Å². The monoisotopic (exact) mass is 758 g/mol. The molecule has 304 valence electrons. The van der Waals surface area contributed by atoms with E-state index in [1.807, 2.05) is 55.4 Å². The van der Waals surface area contributed by atoms with Crippen molar-refractivity contribution in [2.75, 3.05) is 20.2 Å². The summed E-state index contributed by atoms with van der Waals surface area (Å²) < 4.78 is 21.5. The normalized spacial score (nSPS) is 21.5. The number of ether oxygens (including phenoxy) is 4. The Kier molecular flexibility index (Phi) is 17.2. The number of nitrogens with one attached hydrogen (secondary N) is 2. The van der Waals surface area contributed by atoms with Crippen LogP contribution in [-0.4, -0.2) is 135 Å². The molecule has 0 saturated carbocycles. The minimum atomic E-state index is -1.16. The summed E-state index contributed by atoms with van der Waals surface area (Å²) in [6, 6.07) is -3.90. The molecule has 53 heavy (non-hydrogen) atoms. The van der Waals surface area contributed by atoms with Crippen LogP contribution in [0, 0.1) is 5.92 Å². The number of carboxylic acids is 2. The number of amides is 4. The quantitative estimate of drug-likeness (QED) is 0.210. The summed E-state index contributed by atoms with van der Waals surface area (Å²) in [6.07, 6.45) is -1.42. The predicted octanol–water partition coefficient (Wildman–Crippen LogP) is 2.72. The van der Waals surface area contributed by atoms with E-state index in [0.29, 0.717) is 0 Å². The van der Waals surface area contributed by atoms with E-state index in [-0.39, 0.29) is 62.6 Å². The lowest BCUT2D eigenvalue weighted by Crippen LogP contribution is -2.53. The van der Waals surface area contributed by atoms with E-state index in [0.717, 1.165) is 0 Å². The van der Waals surface area contributed by atoms with E-state index in [1.165, 1.54) is 23.8 Å². The highest BCUT2D eigenvalue weighted by molar-refractivity contribution is 5.91. The first-order valence-corrected chi connectivity index (χ1v) is 17.8. The smallest absolute Gasteiger partial charge is 0.408 e. The summed E-state index contributed by atoms with van der Waals surface area (Å²) in [6.45, 7) is 21.5. The van der Waals surface area contributed by atoms with Crippen LogP contribution in [0.1, 0.15) is 109 Å². The molecule has 0 unspecified atom stereocenters. The van der Waals surface area contributed by atoms with Crippen LogP contribution in [0.15, 0.2) is 0 Å². The first-order chi connectivity index (χ1) is 24.0. The first-order valence-electron chi connectivity index (χ1n) is 17.8. The number of carbonyl (C=O) groups is 7. The number of carbonyl (C=O) groups excluding carboxylic acids is 5. The van der Waals surface area contributed by atoms with Crippen LogP contribution < -0.4 is 10.6 Å². The van der Waals surface area contributed by atoms with Crippen molar-refractivity contribution in [1.29, 1.82) is 0 Å². The summed E-state index contributed by atoms with van der Waals surface area (Å²) in [5.41, 5.74) is -1.71. The van der Waals surface area contributed by atoms with Crippen LogP contribution in [-0.2, 0) is 47.7 Å². The summed E-state index contributed by atoms with van der Waals surface area (Å²) in [5.74, 6) is -4.20. The summed E-state index contributed by atoms with van der Waals surface area (Å²) >= 11 is 0. The Balaban J connectivity index is 0.000000549. The molecule has 2 fully saturated rings. The Hall–Kier alpha value is -3.99. The van der Waals surface area contributed by atoms with Crippen molar-refractivity contribution in [3.05, 3.63) is 0 Å². The van der Waals surface area contributed by atoms with Crippen molar-refractivity contribution in [2.45, 2.75) is 162 Å².